The number of benzene rings is 3. The molecule has 1 N–H and O–H groups in total. The average molecular weight is 544 g/mol. The maximum Gasteiger partial charge on any atom is 0.253 e. The summed E-state index contributed by atoms with van der Waals surface area (Å²) in [6.45, 7) is 0.998. The largest absolute Gasteiger partial charge is 0.392 e. The van der Waals surface area contributed by atoms with Gasteiger partial charge in [0.05, 0.1) is 12.6 Å². The van der Waals surface area contributed by atoms with Gasteiger partial charge in [-0.2, -0.15) is 0 Å². The lowest BCUT2D eigenvalue weighted by Crippen LogP contribution is -2.33. The van der Waals surface area contributed by atoms with Gasteiger partial charge >= 0.3 is 0 Å². The maximum atomic E-state index is 13.2. The van der Waals surface area contributed by atoms with Crippen LogP contribution in [0.3, 0.4) is 0 Å². The summed E-state index contributed by atoms with van der Waals surface area (Å²) in [6, 6.07) is 25.9. The predicted molar refractivity (Wildman–Crippen MR) is 153 cm³/mol. The third-order valence-corrected chi connectivity index (χ3v) is 8.66. The van der Waals surface area contributed by atoms with E-state index >= 15 is 0 Å². The number of halogens is 1. The molecule has 0 saturated heterocycles. The number of carbonyl (C=O) groups excluding carboxylic acids is 2. The summed E-state index contributed by atoms with van der Waals surface area (Å²) in [5, 5.41) is 10.7. The molecule has 0 aromatic heterocycles. The topological polar surface area (TPSA) is 66.8 Å². The Labute approximate surface area is 236 Å². The number of aliphatic hydroxyl groups is 1. The highest BCUT2D eigenvalue weighted by atomic mass is 19.1. The van der Waals surface area contributed by atoms with Crippen molar-refractivity contribution in [2.75, 3.05) is 18.1 Å². The second kappa shape index (κ2) is 13.3. The van der Waals surface area contributed by atoms with Crippen LogP contribution in [-0.4, -0.2) is 36.1 Å². The minimum atomic E-state index is -0.570. The molecule has 0 spiro atoms. The van der Waals surface area contributed by atoms with Crippen molar-refractivity contribution < 1.29 is 23.8 Å². The predicted octanol–water partition coefficient (Wildman–Crippen LogP) is 5.99. The number of Topliss-reactive ketones (excluding diaryl/α,β-unsaturated/α-hetero) is 1. The molecule has 5 nitrogen and oxygen atoms in total. The van der Waals surface area contributed by atoms with Crippen LogP contribution in [0.5, 0.6) is 0 Å². The zero-order valence-electron chi connectivity index (χ0n) is 22.8. The standard InChI is InChI=1S/C34H38FNO4/c35-28-14-11-24(12-15-28)13-16-31(37)34-30-20-26(19-27(30)21-32(34)38)17-18-40-23-33(39)36(29-9-5-2-6-10-29)22-25-7-3-1-4-8-25/h1-12,14-15,26-27,30,32,34,38H,13,16-23H2/t26-,27-,30-,32+,34+/m1/s1. The number of aryl methyl sites for hydroxylation is 1. The first-order valence-electron chi connectivity index (χ1n) is 14.4. The summed E-state index contributed by atoms with van der Waals surface area (Å²) in [6.07, 6.45) is 3.79. The first-order chi connectivity index (χ1) is 19.5. The van der Waals surface area contributed by atoms with E-state index in [1.165, 1.54) is 12.1 Å². The molecular weight excluding hydrogens is 505 g/mol. The van der Waals surface area contributed by atoms with Crippen molar-refractivity contribution in [2.24, 2.45) is 23.7 Å². The van der Waals surface area contributed by atoms with Gasteiger partial charge in [0, 0.05) is 24.6 Å². The van der Waals surface area contributed by atoms with Crippen LogP contribution in [0.2, 0.25) is 0 Å². The molecular formula is C34H38FNO4. The molecule has 5 rings (SSSR count). The van der Waals surface area contributed by atoms with Gasteiger partial charge < -0.3 is 14.7 Å². The Bertz CT molecular complexity index is 1250. The van der Waals surface area contributed by atoms with Crippen molar-refractivity contribution in [3.8, 4) is 0 Å². The number of carbonyl (C=O) groups is 2. The highest BCUT2D eigenvalue weighted by Crippen LogP contribution is 2.51. The molecule has 0 bridgehead atoms. The van der Waals surface area contributed by atoms with Crippen LogP contribution in [0.1, 0.15) is 43.2 Å². The fourth-order valence-electron chi connectivity index (χ4n) is 6.69. The molecule has 1 amide bonds. The lowest BCUT2D eigenvalue weighted by molar-refractivity contribution is -0.127. The van der Waals surface area contributed by atoms with E-state index in [2.05, 4.69) is 0 Å². The van der Waals surface area contributed by atoms with E-state index in [9.17, 15) is 19.1 Å². The van der Waals surface area contributed by atoms with Gasteiger partial charge in [-0.15, -0.1) is 0 Å². The number of rotatable bonds is 12. The van der Waals surface area contributed by atoms with E-state index in [1.807, 2.05) is 60.7 Å². The molecule has 5 atom stereocenters. The van der Waals surface area contributed by atoms with Gasteiger partial charge in [0.1, 0.15) is 18.2 Å². The molecule has 40 heavy (non-hydrogen) atoms. The number of ether oxygens (including phenoxy) is 1. The van der Waals surface area contributed by atoms with Crippen LogP contribution >= 0.6 is 0 Å². The van der Waals surface area contributed by atoms with Crippen LogP contribution < -0.4 is 4.90 Å². The zero-order valence-corrected chi connectivity index (χ0v) is 22.8. The Hall–Kier alpha value is -3.35. The second-order valence-electron chi connectivity index (χ2n) is 11.3. The van der Waals surface area contributed by atoms with E-state index in [0.29, 0.717) is 44.2 Å². The minimum absolute atomic E-state index is 0.0184. The molecule has 2 aliphatic rings. The molecule has 2 aliphatic carbocycles. The number of para-hydroxylation sites is 1. The van der Waals surface area contributed by atoms with Crippen molar-refractivity contribution >= 4 is 17.4 Å². The van der Waals surface area contributed by atoms with E-state index in [-0.39, 0.29) is 36.0 Å². The molecule has 0 heterocycles. The maximum absolute atomic E-state index is 13.2. The number of nitrogens with zero attached hydrogens (tertiary/aromatic N) is 1. The van der Waals surface area contributed by atoms with Gasteiger partial charge in [-0.3, -0.25) is 9.59 Å². The SMILES string of the molecule is O=C(CCc1ccc(F)cc1)[C@@H]1[C@@H]2C[C@H](CCOCC(=O)N(Cc3ccccc3)c3ccccc3)C[C@@H]2C[C@@H]1O. The minimum Gasteiger partial charge on any atom is -0.392 e. The molecule has 0 aliphatic heterocycles. The third-order valence-electron chi connectivity index (χ3n) is 8.66. The van der Waals surface area contributed by atoms with Gasteiger partial charge in [-0.05, 0) is 85.3 Å². The van der Waals surface area contributed by atoms with Crippen LogP contribution in [0.25, 0.3) is 0 Å². The molecule has 0 unspecified atom stereocenters. The first-order valence-corrected chi connectivity index (χ1v) is 14.4. The van der Waals surface area contributed by atoms with Crippen molar-refractivity contribution in [3.63, 3.8) is 0 Å². The summed E-state index contributed by atoms with van der Waals surface area (Å²) in [7, 11) is 0. The van der Waals surface area contributed by atoms with Gasteiger partial charge in [0.2, 0.25) is 0 Å². The Morgan fingerprint density at radius 2 is 1.57 bits per heavy atom. The van der Waals surface area contributed by atoms with Gasteiger partial charge in [0.15, 0.2) is 0 Å². The average Bonchev–Trinajstić information content (AvgIpc) is 3.50. The van der Waals surface area contributed by atoms with Crippen LogP contribution in [0.4, 0.5) is 10.1 Å². The molecule has 210 valence electrons. The number of anilines is 1. The smallest absolute Gasteiger partial charge is 0.253 e. The first kappa shape index (κ1) is 28.2. The van der Waals surface area contributed by atoms with E-state index in [0.717, 1.165) is 36.1 Å². The summed E-state index contributed by atoms with van der Waals surface area (Å²) in [5.74, 6) is 0.451. The Kier molecular flexibility index (Phi) is 9.40. The van der Waals surface area contributed by atoms with Gasteiger partial charge in [-0.1, -0.05) is 60.7 Å². The Morgan fingerprint density at radius 3 is 2.30 bits per heavy atom. The number of aliphatic hydroxyl groups excluding tert-OH is 1. The lowest BCUT2D eigenvalue weighted by atomic mass is 9.85. The zero-order chi connectivity index (χ0) is 27.9. The summed E-state index contributed by atoms with van der Waals surface area (Å²) in [4.78, 5) is 28.0. The van der Waals surface area contributed by atoms with Gasteiger partial charge in [0.25, 0.3) is 5.91 Å². The molecule has 3 aromatic rings. The lowest BCUT2D eigenvalue weighted by Gasteiger charge is -2.23. The van der Waals surface area contributed by atoms with Crippen LogP contribution in [0.15, 0.2) is 84.9 Å². The highest BCUT2D eigenvalue weighted by molar-refractivity contribution is 5.94. The summed E-state index contributed by atoms with van der Waals surface area (Å²) < 4.78 is 19.1. The normalized spacial score (nSPS) is 23.6. The monoisotopic (exact) mass is 543 g/mol. The molecule has 2 fully saturated rings. The van der Waals surface area contributed by atoms with Crippen molar-refractivity contribution in [2.45, 2.75) is 51.2 Å². The van der Waals surface area contributed by atoms with Crippen molar-refractivity contribution in [1.29, 1.82) is 0 Å². The third kappa shape index (κ3) is 7.04. The summed E-state index contributed by atoms with van der Waals surface area (Å²) in [5.41, 5.74) is 2.84. The number of fused-ring (bicyclic) bond motifs is 1. The molecule has 6 heteroatoms. The molecule has 3 aromatic carbocycles. The fourth-order valence-corrected chi connectivity index (χ4v) is 6.69. The number of ketones is 1. The molecule has 2 saturated carbocycles. The second-order valence-corrected chi connectivity index (χ2v) is 11.3. The number of amides is 1. The Balaban J connectivity index is 1.09. The Morgan fingerprint density at radius 1 is 0.875 bits per heavy atom. The molecule has 0 radical (unpaired) electrons. The van der Waals surface area contributed by atoms with E-state index in [4.69, 9.17) is 4.74 Å². The quantitative estimate of drug-likeness (QED) is 0.285. The van der Waals surface area contributed by atoms with Crippen molar-refractivity contribution in [3.05, 3.63) is 102 Å². The van der Waals surface area contributed by atoms with Gasteiger partial charge in [-0.25, -0.2) is 4.39 Å². The van der Waals surface area contributed by atoms with Crippen LogP contribution in [0, 0.1) is 29.5 Å². The summed E-state index contributed by atoms with van der Waals surface area (Å²) >= 11 is 0. The van der Waals surface area contributed by atoms with Crippen molar-refractivity contribution in [1.82, 2.24) is 0 Å². The fraction of sp³-hybridized carbons (Fsp3) is 0.412. The number of hydrogen-bond acceptors (Lipinski definition) is 4. The van der Waals surface area contributed by atoms with Crippen LogP contribution in [-0.2, 0) is 27.3 Å². The van der Waals surface area contributed by atoms with E-state index < -0.39 is 6.10 Å². The van der Waals surface area contributed by atoms with E-state index in [1.54, 1.807) is 17.0 Å². The highest BCUT2D eigenvalue weighted by Gasteiger charge is 2.50. The number of hydrogen-bond donors (Lipinski definition) is 1.